The van der Waals surface area contributed by atoms with Crippen molar-refractivity contribution in [2.75, 3.05) is 13.2 Å². The lowest BCUT2D eigenvalue weighted by molar-refractivity contribution is -0.342. The smallest absolute Gasteiger partial charge is 0.306 e. The van der Waals surface area contributed by atoms with E-state index in [9.17, 15) is 45.6 Å². The predicted octanol–water partition coefficient (Wildman–Crippen LogP) is -1.44. The zero-order chi connectivity index (χ0) is 29.7. The van der Waals surface area contributed by atoms with Crippen LogP contribution in [0.1, 0.15) is 65.2 Å². The predicted molar refractivity (Wildman–Crippen MR) is 139 cm³/mol. The molecule has 6 fully saturated rings. The topological polar surface area (TPSA) is 207 Å². The van der Waals surface area contributed by atoms with Gasteiger partial charge in [-0.3, -0.25) is 4.79 Å². The first-order chi connectivity index (χ1) is 19.2. The van der Waals surface area contributed by atoms with Crippen molar-refractivity contribution in [2.24, 2.45) is 34.5 Å². The third-order valence-electron chi connectivity index (χ3n) is 12.6. The molecule has 12 nitrogen and oxygen atoms in total. The fourth-order valence-electron chi connectivity index (χ4n) is 10.5. The van der Waals surface area contributed by atoms with Crippen molar-refractivity contribution in [2.45, 2.75) is 125 Å². The van der Waals surface area contributed by atoms with Crippen molar-refractivity contribution < 1.29 is 59.9 Å². The minimum absolute atomic E-state index is 0.0278. The minimum atomic E-state index is -1.66. The Balaban J connectivity index is 1.27. The van der Waals surface area contributed by atoms with E-state index in [4.69, 9.17) is 14.2 Å². The molecule has 0 aromatic carbocycles. The summed E-state index contributed by atoms with van der Waals surface area (Å²) in [6.07, 6.45) is -7.60. The summed E-state index contributed by atoms with van der Waals surface area (Å²) in [5, 5.41) is 89.7. The van der Waals surface area contributed by atoms with Crippen LogP contribution in [0.5, 0.6) is 0 Å². The fourth-order valence-corrected chi connectivity index (χ4v) is 10.5. The molecule has 8 N–H and O–H groups in total. The van der Waals surface area contributed by atoms with Crippen LogP contribution in [-0.2, 0) is 19.0 Å². The maximum Gasteiger partial charge on any atom is 0.306 e. The highest BCUT2D eigenvalue weighted by Crippen LogP contribution is 2.71. The van der Waals surface area contributed by atoms with E-state index in [-0.39, 0.29) is 49.9 Å². The Hall–Kier alpha value is -0.930. The van der Waals surface area contributed by atoms with E-state index < -0.39 is 89.5 Å². The van der Waals surface area contributed by atoms with Gasteiger partial charge in [0, 0.05) is 30.1 Å². The Kier molecular flexibility index (Phi) is 7.38. The van der Waals surface area contributed by atoms with Crippen LogP contribution in [0.3, 0.4) is 0 Å². The Labute approximate surface area is 239 Å². The number of aliphatic hydroxyl groups is 8. The first-order valence-corrected chi connectivity index (χ1v) is 15.1. The monoisotopic (exact) mass is 586 g/mol. The van der Waals surface area contributed by atoms with Gasteiger partial charge in [-0.2, -0.15) is 0 Å². The van der Waals surface area contributed by atoms with E-state index in [2.05, 4.69) is 0 Å². The molecule has 2 heterocycles. The maximum atomic E-state index is 12.4. The molecule has 0 bridgehead atoms. The Morgan fingerprint density at radius 3 is 2.34 bits per heavy atom. The molecule has 0 spiro atoms. The Morgan fingerprint density at radius 1 is 0.976 bits per heavy atom. The Morgan fingerprint density at radius 2 is 1.68 bits per heavy atom. The molecule has 234 valence electrons. The van der Waals surface area contributed by atoms with Crippen molar-refractivity contribution >= 4 is 5.97 Å². The number of rotatable bonds is 4. The van der Waals surface area contributed by atoms with Crippen LogP contribution in [0, 0.1) is 34.5 Å². The van der Waals surface area contributed by atoms with Crippen LogP contribution in [0.25, 0.3) is 0 Å². The van der Waals surface area contributed by atoms with E-state index in [1.165, 1.54) is 6.92 Å². The van der Waals surface area contributed by atoms with Crippen LogP contribution >= 0.6 is 0 Å². The lowest BCUT2D eigenvalue weighted by Gasteiger charge is -2.68. The first-order valence-electron chi connectivity index (χ1n) is 15.1. The third-order valence-corrected chi connectivity index (χ3v) is 12.6. The number of cyclic esters (lactones) is 1. The summed E-state index contributed by atoms with van der Waals surface area (Å²) in [4.78, 5) is 11.9. The highest BCUT2D eigenvalue weighted by molar-refractivity contribution is 5.71. The summed E-state index contributed by atoms with van der Waals surface area (Å²) >= 11 is 0. The largest absolute Gasteiger partial charge is 0.465 e. The molecule has 0 radical (unpaired) electrons. The molecule has 2 saturated heterocycles. The van der Waals surface area contributed by atoms with Gasteiger partial charge in [-0.15, -0.1) is 0 Å². The SMILES string of the molecule is C[C@@H]1O[C@@H](O[C@H]2C[C@@H](O)[C@]3(CO)[C@@H]4C(CC[C@]3(O)C2)[C@@]2(O)CC[C@H](C3COC(=O)C3)[C@@]2(C)C[C@H]4O)[C@H](O)[C@H](O)[C@H]1O. The molecular weight excluding hydrogens is 540 g/mol. The molecule has 12 heteroatoms. The van der Waals surface area contributed by atoms with E-state index in [1.54, 1.807) is 0 Å². The van der Waals surface area contributed by atoms with E-state index in [1.807, 2.05) is 6.92 Å². The van der Waals surface area contributed by atoms with E-state index in [0.29, 0.717) is 25.9 Å². The van der Waals surface area contributed by atoms with Gasteiger partial charge in [0.05, 0.1) is 60.7 Å². The van der Waals surface area contributed by atoms with E-state index in [0.717, 1.165) is 0 Å². The summed E-state index contributed by atoms with van der Waals surface area (Å²) < 4.78 is 16.8. The average molecular weight is 587 g/mol. The number of carbonyl (C=O) groups excluding carboxylic acids is 1. The summed E-state index contributed by atoms with van der Waals surface area (Å²) in [6, 6.07) is 0. The molecule has 0 amide bonds. The van der Waals surface area contributed by atoms with Crippen molar-refractivity contribution in [3.05, 3.63) is 0 Å². The van der Waals surface area contributed by atoms with Crippen molar-refractivity contribution in [1.29, 1.82) is 0 Å². The van der Waals surface area contributed by atoms with Crippen molar-refractivity contribution in [1.82, 2.24) is 0 Å². The number of hydrogen-bond acceptors (Lipinski definition) is 12. The number of ether oxygens (including phenoxy) is 3. The second-order valence-corrected chi connectivity index (χ2v) is 14.2. The van der Waals surface area contributed by atoms with Gasteiger partial charge in [-0.1, -0.05) is 6.92 Å². The quantitative estimate of drug-likeness (QED) is 0.141. The second-order valence-electron chi connectivity index (χ2n) is 14.2. The number of hydrogen-bond donors (Lipinski definition) is 8. The molecule has 6 rings (SSSR count). The number of fused-ring (bicyclic) bond motifs is 5. The minimum Gasteiger partial charge on any atom is -0.465 e. The zero-order valence-corrected chi connectivity index (χ0v) is 23.7. The van der Waals surface area contributed by atoms with Gasteiger partial charge in [0.15, 0.2) is 6.29 Å². The number of carbonyl (C=O) groups is 1. The standard InChI is InChI=1S/C29H46O12/c1-13-22(34)23(35)24(36)25(40-13)41-15-8-19(32)28(12-30)21-17(3-5-27(28,37)9-15)29(38)6-4-16(14-7-20(33)39-11-14)26(29,2)10-18(21)31/h13-19,21-25,30-32,34-38H,3-12H2,1-2H3/t13-,14?,15-,16+,17?,18+,19+,21+,22-,23+,24+,25-,26+,27-,28+,29-/m0/s1. The Bertz CT molecular complexity index is 1030. The highest BCUT2D eigenvalue weighted by atomic mass is 16.7. The van der Waals surface area contributed by atoms with Crippen LogP contribution in [0.2, 0.25) is 0 Å². The number of esters is 1. The molecule has 2 aliphatic heterocycles. The van der Waals surface area contributed by atoms with Gasteiger partial charge in [0.25, 0.3) is 0 Å². The van der Waals surface area contributed by atoms with Gasteiger partial charge in [-0.25, -0.2) is 0 Å². The highest BCUT2D eigenvalue weighted by Gasteiger charge is 2.75. The van der Waals surface area contributed by atoms with Gasteiger partial charge in [-0.05, 0) is 50.9 Å². The average Bonchev–Trinajstić information content (AvgIpc) is 3.45. The van der Waals surface area contributed by atoms with Crippen LogP contribution < -0.4 is 0 Å². The normalized spacial score (nSPS) is 58.8. The summed E-state index contributed by atoms with van der Waals surface area (Å²) in [7, 11) is 0. The van der Waals surface area contributed by atoms with Gasteiger partial charge < -0.3 is 55.1 Å². The second kappa shape index (κ2) is 10.0. The molecule has 41 heavy (non-hydrogen) atoms. The van der Waals surface area contributed by atoms with Gasteiger partial charge in [0.2, 0.25) is 0 Å². The number of aliphatic hydroxyl groups excluding tert-OH is 6. The van der Waals surface area contributed by atoms with Crippen molar-refractivity contribution in [3.8, 4) is 0 Å². The fraction of sp³-hybridized carbons (Fsp3) is 0.966. The van der Waals surface area contributed by atoms with Crippen LogP contribution in [0.4, 0.5) is 0 Å². The van der Waals surface area contributed by atoms with Crippen LogP contribution in [-0.4, -0.2) is 120 Å². The van der Waals surface area contributed by atoms with Gasteiger partial charge in [0.1, 0.15) is 18.3 Å². The van der Waals surface area contributed by atoms with Crippen LogP contribution in [0.15, 0.2) is 0 Å². The maximum absolute atomic E-state index is 12.4. The first kappa shape index (κ1) is 30.1. The van der Waals surface area contributed by atoms with Crippen molar-refractivity contribution in [3.63, 3.8) is 0 Å². The molecule has 4 saturated carbocycles. The molecular formula is C29H46O12. The molecule has 4 aliphatic carbocycles. The molecule has 0 aromatic rings. The molecule has 16 atom stereocenters. The van der Waals surface area contributed by atoms with Gasteiger partial charge >= 0.3 is 5.97 Å². The summed E-state index contributed by atoms with van der Waals surface area (Å²) in [6.45, 7) is 3.20. The van der Waals surface area contributed by atoms with E-state index >= 15 is 0 Å². The lowest BCUT2D eigenvalue weighted by Crippen LogP contribution is -2.76. The zero-order valence-electron chi connectivity index (χ0n) is 23.7. The third kappa shape index (κ3) is 4.05. The molecule has 0 aromatic heterocycles. The molecule has 2 unspecified atom stereocenters. The summed E-state index contributed by atoms with van der Waals surface area (Å²) in [5.74, 6) is -1.63. The molecule has 6 aliphatic rings. The lowest BCUT2D eigenvalue weighted by atomic mass is 9.40. The summed E-state index contributed by atoms with van der Waals surface area (Å²) in [5.41, 5.74) is -5.13.